The molecule has 3 rings (SSSR count). The van der Waals surface area contributed by atoms with Crippen molar-refractivity contribution in [1.29, 1.82) is 0 Å². The second kappa shape index (κ2) is 8.44. The van der Waals surface area contributed by atoms with E-state index in [4.69, 9.17) is 9.47 Å². The lowest BCUT2D eigenvalue weighted by molar-refractivity contribution is -0.146. The molecular weight excluding hydrogens is 394 g/mol. The number of thiophene rings is 1. The van der Waals surface area contributed by atoms with Gasteiger partial charge in [0.05, 0.1) is 36.0 Å². The Morgan fingerprint density at radius 2 is 2.03 bits per heavy atom. The second-order valence-corrected chi connectivity index (χ2v) is 7.27. The Morgan fingerprint density at radius 3 is 2.72 bits per heavy atom. The molecule has 1 aromatic carbocycles. The molecule has 9 heteroatoms. The molecule has 0 fully saturated rings. The van der Waals surface area contributed by atoms with Crippen LogP contribution in [0.4, 0.5) is 5.69 Å². The highest BCUT2D eigenvalue weighted by atomic mass is 32.1. The predicted octanol–water partition coefficient (Wildman–Crippen LogP) is 3.15. The highest BCUT2D eigenvalue weighted by molar-refractivity contribution is 7.20. The van der Waals surface area contributed by atoms with Gasteiger partial charge in [-0.2, -0.15) is 0 Å². The van der Waals surface area contributed by atoms with E-state index in [0.717, 1.165) is 11.3 Å². The van der Waals surface area contributed by atoms with Gasteiger partial charge in [-0.25, -0.2) is 9.78 Å². The molecule has 8 nitrogen and oxygen atoms in total. The molecule has 0 aliphatic carbocycles. The van der Waals surface area contributed by atoms with Crippen LogP contribution in [0.2, 0.25) is 0 Å². The molecule has 0 radical (unpaired) electrons. The zero-order valence-corrected chi connectivity index (χ0v) is 17.3. The van der Waals surface area contributed by atoms with Crippen molar-refractivity contribution in [1.82, 2.24) is 9.55 Å². The maximum Gasteiger partial charge on any atom is 0.328 e. The minimum atomic E-state index is -0.815. The summed E-state index contributed by atoms with van der Waals surface area (Å²) in [6, 6.07) is 6.24. The fourth-order valence-corrected chi connectivity index (χ4v) is 3.97. The largest absolute Gasteiger partial charge is 0.495 e. The fourth-order valence-electron chi connectivity index (χ4n) is 2.93. The van der Waals surface area contributed by atoms with Gasteiger partial charge in [0.2, 0.25) is 0 Å². The van der Waals surface area contributed by atoms with Gasteiger partial charge in [0, 0.05) is 0 Å². The van der Waals surface area contributed by atoms with E-state index < -0.39 is 12.0 Å². The van der Waals surface area contributed by atoms with Gasteiger partial charge in [-0.05, 0) is 38.5 Å². The molecule has 2 aromatic heterocycles. The molecule has 0 bridgehead atoms. The number of carbonyl (C=O) groups is 2. The zero-order chi connectivity index (χ0) is 21.1. The van der Waals surface area contributed by atoms with Crippen LogP contribution in [0.3, 0.4) is 0 Å². The van der Waals surface area contributed by atoms with Crippen molar-refractivity contribution < 1.29 is 19.1 Å². The number of aromatic nitrogens is 2. The zero-order valence-electron chi connectivity index (χ0n) is 16.5. The smallest absolute Gasteiger partial charge is 0.328 e. The lowest BCUT2D eigenvalue weighted by atomic mass is 10.2. The molecule has 0 spiro atoms. The van der Waals surface area contributed by atoms with Crippen LogP contribution in [0.5, 0.6) is 5.75 Å². The van der Waals surface area contributed by atoms with Crippen LogP contribution < -0.4 is 15.6 Å². The Kier molecular flexibility index (Phi) is 5.97. The average Bonchev–Trinajstić information content (AvgIpc) is 3.06. The molecule has 1 unspecified atom stereocenters. The van der Waals surface area contributed by atoms with Gasteiger partial charge in [0.15, 0.2) is 0 Å². The van der Waals surface area contributed by atoms with Gasteiger partial charge in [0.1, 0.15) is 16.6 Å². The third-order valence-electron chi connectivity index (χ3n) is 4.48. The average molecular weight is 415 g/mol. The number of para-hydroxylation sites is 2. The minimum absolute atomic E-state index is 0.221. The van der Waals surface area contributed by atoms with Gasteiger partial charge in [-0.1, -0.05) is 12.1 Å². The summed E-state index contributed by atoms with van der Waals surface area (Å²) in [5, 5.41) is 3.13. The number of nitrogens with one attached hydrogen (secondary N) is 1. The summed E-state index contributed by atoms with van der Waals surface area (Å²) in [4.78, 5) is 42.9. The first-order valence-electron chi connectivity index (χ1n) is 9.00. The summed E-state index contributed by atoms with van der Waals surface area (Å²) in [5.74, 6) is -0.347. The summed E-state index contributed by atoms with van der Waals surface area (Å²) in [6.07, 6.45) is 1.31. The number of hydrogen-bond acceptors (Lipinski definition) is 7. The fraction of sp³-hybridized carbons (Fsp3) is 0.300. The monoisotopic (exact) mass is 415 g/mol. The van der Waals surface area contributed by atoms with Gasteiger partial charge < -0.3 is 14.8 Å². The van der Waals surface area contributed by atoms with Crippen LogP contribution in [0.1, 0.15) is 35.1 Å². The lowest BCUT2D eigenvalue weighted by Crippen LogP contribution is -2.29. The topological polar surface area (TPSA) is 99.5 Å². The van der Waals surface area contributed by atoms with Gasteiger partial charge in [0.25, 0.3) is 11.5 Å². The Labute approximate surface area is 171 Å². The minimum Gasteiger partial charge on any atom is -0.495 e. The molecule has 152 valence electrons. The summed E-state index contributed by atoms with van der Waals surface area (Å²) in [7, 11) is 1.52. The summed E-state index contributed by atoms with van der Waals surface area (Å²) in [5.41, 5.74) is 0.652. The molecule has 29 heavy (non-hydrogen) atoms. The maximum absolute atomic E-state index is 13.0. The van der Waals surface area contributed by atoms with Crippen molar-refractivity contribution >= 4 is 39.1 Å². The Morgan fingerprint density at radius 1 is 1.31 bits per heavy atom. The van der Waals surface area contributed by atoms with Crippen LogP contribution in [0.25, 0.3) is 10.2 Å². The number of aryl methyl sites for hydroxylation is 1. The number of methoxy groups -OCH3 is 1. The molecule has 0 saturated heterocycles. The Balaban J connectivity index is 2.00. The van der Waals surface area contributed by atoms with Crippen LogP contribution in [0.15, 0.2) is 35.4 Å². The van der Waals surface area contributed by atoms with Crippen molar-refractivity contribution in [3.63, 3.8) is 0 Å². The number of benzene rings is 1. The third-order valence-corrected chi connectivity index (χ3v) is 5.68. The Hall–Kier alpha value is -3.20. The van der Waals surface area contributed by atoms with Crippen molar-refractivity contribution in [2.45, 2.75) is 26.8 Å². The van der Waals surface area contributed by atoms with E-state index in [1.807, 2.05) is 0 Å². The summed E-state index contributed by atoms with van der Waals surface area (Å²) in [6.45, 7) is 5.19. The highest BCUT2D eigenvalue weighted by Gasteiger charge is 2.23. The van der Waals surface area contributed by atoms with Gasteiger partial charge in [-0.3, -0.25) is 14.2 Å². The van der Waals surface area contributed by atoms with Crippen LogP contribution in [0, 0.1) is 6.92 Å². The summed E-state index contributed by atoms with van der Waals surface area (Å²) >= 11 is 1.12. The molecule has 0 aliphatic heterocycles. The molecule has 1 atom stereocenters. The van der Waals surface area contributed by atoms with E-state index in [1.54, 1.807) is 45.0 Å². The van der Waals surface area contributed by atoms with Crippen molar-refractivity contribution in [2.24, 2.45) is 0 Å². The number of esters is 1. The molecule has 0 saturated carbocycles. The Bertz CT molecular complexity index is 1130. The van der Waals surface area contributed by atoms with Crippen molar-refractivity contribution in [3.8, 4) is 5.75 Å². The molecule has 1 amide bonds. The number of anilines is 1. The first-order chi connectivity index (χ1) is 13.9. The van der Waals surface area contributed by atoms with E-state index >= 15 is 0 Å². The van der Waals surface area contributed by atoms with Gasteiger partial charge in [-0.15, -0.1) is 11.3 Å². The first kappa shape index (κ1) is 20.5. The summed E-state index contributed by atoms with van der Waals surface area (Å²) < 4.78 is 11.5. The van der Waals surface area contributed by atoms with E-state index in [9.17, 15) is 14.4 Å². The second-order valence-electron chi connectivity index (χ2n) is 6.28. The number of ether oxygens (including phenoxy) is 2. The number of fused-ring (bicyclic) bond motifs is 1. The lowest BCUT2D eigenvalue weighted by Gasteiger charge is -2.13. The highest BCUT2D eigenvalue weighted by Crippen LogP contribution is 2.30. The van der Waals surface area contributed by atoms with Crippen LogP contribution >= 0.6 is 11.3 Å². The number of hydrogen-bond donors (Lipinski definition) is 1. The normalized spacial score (nSPS) is 11.9. The third kappa shape index (κ3) is 3.86. The van der Waals surface area contributed by atoms with Crippen molar-refractivity contribution in [3.05, 3.63) is 51.4 Å². The number of amides is 1. The maximum atomic E-state index is 13.0. The SMILES string of the molecule is CCOC(=O)C(C)n1cnc2sc(C(=O)Nc3ccccc3OC)c(C)c2c1=O. The van der Waals surface area contributed by atoms with Crippen LogP contribution in [-0.4, -0.2) is 35.1 Å². The predicted molar refractivity (Wildman–Crippen MR) is 111 cm³/mol. The first-order valence-corrected chi connectivity index (χ1v) is 9.81. The quantitative estimate of drug-likeness (QED) is 0.621. The number of carbonyl (C=O) groups excluding carboxylic acids is 2. The van der Waals surface area contributed by atoms with Crippen molar-refractivity contribution in [2.75, 3.05) is 19.0 Å². The van der Waals surface area contributed by atoms with E-state index in [2.05, 4.69) is 10.3 Å². The number of nitrogens with zero attached hydrogens (tertiary/aromatic N) is 2. The van der Waals surface area contributed by atoms with E-state index in [0.29, 0.717) is 32.1 Å². The molecule has 2 heterocycles. The molecule has 0 aliphatic rings. The molecular formula is C20H21N3O5S. The standard InChI is InChI=1S/C20H21N3O5S/c1-5-28-20(26)12(3)23-10-21-18-15(19(23)25)11(2)16(29-18)17(24)22-13-8-6-7-9-14(13)27-4/h6-10,12H,5H2,1-4H3,(H,22,24). The van der Waals surface area contributed by atoms with Crippen LogP contribution in [-0.2, 0) is 9.53 Å². The van der Waals surface area contributed by atoms with E-state index in [-0.39, 0.29) is 18.1 Å². The van der Waals surface area contributed by atoms with Gasteiger partial charge >= 0.3 is 5.97 Å². The molecule has 3 aromatic rings. The van der Waals surface area contributed by atoms with E-state index in [1.165, 1.54) is 18.0 Å². The molecule has 1 N–H and O–H groups in total. The number of rotatable bonds is 6.